The highest BCUT2D eigenvalue weighted by molar-refractivity contribution is 8.14. The Morgan fingerprint density at radius 3 is 2.42 bits per heavy atom. The number of phosphoric acid groups is 3. The maximum Gasteiger partial charge on any atom is 0.481 e. The van der Waals surface area contributed by atoms with Crippen molar-refractivity contribution in [2.45, 2.75) is 103 Å². The van der Waals surface area contributed by atoms with Crippen LogP contribution in [0, 0.1) is 5.41 Å². The van der Waals surface area contributed by atoms with Crippen LogP contribution in [0.4, 0.5) is 5.82 Å². The van der Waals surface area contributed by atoms with Crippen molar-refractivity contribution in [3.8, 4) is 0 Å². The van der Waals surface area contributed by atoms with Gasteiger partial charge in [-0.05, 0) is 25.8 Å². The van der Waals surface area contributed by atoms with Crippen molar-refractivity contribution in [1.29, 1.82) is 0 Å². The lowest BCUT2D eigenvalue weighted by atomic mass is 9.87. The molecule has 1 aliphatic heterocycles. The summed E-state index contributed by atoms with van der Waals surface area (Å²) in [7, 11) is -16.5. The summed E-state index contributed by atoms with van der Waals surface area (Å²) in [5, 5.41) is 26.6. The minimum atomic E-state index is -5.59. The van der Waals surface area contributed by atoms with Crippen LogP contribution in [0.3, 0.4) is 0 Å². The van der Waals surface area contributed by atoms with Gasteiger partial charge in [-0.3, -0.25) is 32.5 Å². The van der Waals surface area contributed by atoms with Crippen molar-refractivity contribution in [3.05, 3.63) is 24.8 Å². The lowest BCUT2D eigenvalue weighted by Crippen LogP contribution is -2.46. The molecule has 7 unspecified atom stereocenters. The number of ether oxygens (including phenoxy) is 1. The van der Waals surface area contributed by atoms with Gasteiger partial charge in [0.2, 0.25) is 16.9 Å². The first-order valence-electron chi connectivity index (χ1n) is 18.7. The van der Waals surface area contributed by atoms with Crippen LogP contribution in [0.15, 0.2) is 24.8 Å². The minimum absolute atomic E-state index is 0.0198. The van der Waals surface area contributed by atoms with Crippen LogP contribution in [0.2, 0.25) is 0 Å². The number of unbranched alkanes of at least 4 members (excludes halogenated alkanes) is 5. The first-order valence-corrected chi connectivity index (χ1v) is 24.2. The van der Waals surface area contributed by atoms with Gasteiger partial charge in [0.25, 0.3) is 0 Å². The molecule has 2 aromatic rings. The van der Waals surface area contributed by atoms with Crippen molar-refractivity contribution in [2.75, 3.05) is 37.8 Å². The number of aliphatic hydroxyl groups excluding tert-OH is 2. The maximum absolute atomic E-state index is 12.8. The van der Waals surface area contributed by atoms with Crippen molar-refractivity contribution in [2.24, 2.45) is 5.41 Å². The third kappa shape index (κ3) is 15.9. The van der Waals surface area contributed by atoms with Gasteiger partial charge in [0.05, 0.1) is 19.5 Å². The molecule has 10 N–H and O–H groups in total. The molecule has 60 heavy (non-hydrogen) atoms. The van der Waals surface area contributed by atoms with Gasteiger partial charge in [-0.15, -0.1) is 0 Å². The number of carbonyl (C=O) groups excluding carboxylic acids is 3. The average molecular weight is 934 g/mol. The Balaban J connectivity index is 1.45. The molecule has 0 spiro atoms. The third-order valence-corrected chi connectivity index (χ3v) is 12.9. The number of aromatic nitrogens is 4. The fraction of sp³-hybridized carbons (Fsp3) is 0.688. The van der Waals surface area contributed by atoms with Gasteiger partial charge >= 0.3 is 23.5 Å². The molecule has 1 saturated heterocycles. The van der Waals surface area contributed by atoms with Crippen LogP contribution in [0.5, 0.6) is 0 Å². The Morgan fingerprint density at radius 2 is 1.73 bits per heavy atom. The molecule has 3 heterocycles. The maximum atomic E-state index is 12.8. The van der Waals surface area contributed by atoms with E-state index in [2.05, 4.69) is 36.8 Å². The van der Waals surface area contributed by atoms with Crippen LogP contribution in [-0.4, -0.2) is 123 Å². The fourth-order valence-corrected chi connectivity index (χ4v) is 9.11. The number of amides is 2. The molecule has 0 aromatic carbocycles. The first kappa shape index (κ1) is 51.6. The van der Waals surface area contributed by atoms with E-state index < -0.39 is 84.1 Å². The smallest absolute Gasteiger partial charge is 0.385 e. The van der Waals surface area contributed by atoms with Crippen LogP contribution in [0.25, 0.3) is 11.2 Å². The lowest BCUT2D eigenvalue weighted by Gasteiger charge is -2.30. The number of hydrogen-bond donors (Lipinski definition) is 9. The van der Waals surface area contributed by atoms with Crippen molar-refractivity contribution in [3.63, 3.8) is 0 Å². The number of imidazole rings is 1. The Kier molecular flexibility index (Phi) is 19.4. The topological polar surface area (TPSA) is 364 Å². The molecule has 1 aliphatic rings. The highest BCUT2D eigenvalue weighted by atomic mass is 32.2. The van der Waals surface area contributed by atoms with Gasteiger partial charge in [-0.25, -0.2) is 28.6 Å². The second-order valence-electron chi connectivity index (χ2n) is 14.4. The largest absolute Gasteiger partial charge is 0.481 e. The van der Waals surface area contributed by atoms with E-state index in [1.807, 2.05) is 6.08 Å². The van der Waals surface area contributed by atoms with Crippen molar-refractivity contribution >= 4 is 69.1 Å². The summed E-state index contributed by atoms with van der Waals surface area (Å²) in [6.45, 7) is 3.88. The number of hydrogen-bond acceptors (Lipinski definition) is 18. The van der Waals surface area contributed by atoms with Crippen LogP contribution in [-0.2, 0) is 56.4 Å². The summed E-state index contributed by atoms with van der Waals surface area (Å²) in [5.41, 5.74) is 2.31. The summed E-state index contributed by atoms with van der Waals surface area (Å²) in [5.74, 6) is -1.11. The molecule has 0 saturated carbocycles. The van der Waals surface area contributed by atoms with Gasteiger partial charge in [0, 0.05) is 30.7 Å². The number of nitrogen functional groups attached to an aromatic ring is 1. The van der Waals surface area contributed by atoms with Gasteiger partial charge in [-0.1, -0.05) is 64.3 Å². The summed E-state index contributed by atoms with van der Waals surface area (Å²) < 4.78 is 62.8. The molecule has 3 rings (SSSR count). The molecule has 1 fully saturated rings. The van der Waals surface area contributed by atoms with E-state index in [0.717, 1.165) is 54.7 Å². The third-order valence-electron chi connectivity index (χ3n) is 8.96. The number of nitrogens with one attached hydrogen (secondary N) is 2. The Hall–Kier alpha value is -2.70. The molecule has 24 nitrogen and oxygen atoms in total. The number of fused-ring (bicyclic) bond motifs is 1. The van der Waals surface area contributed by atoms with Gasteiger partial charge in [-0.2, -0.15) is 4.31 Å². The summed E-state index contributed by atoms with van der Waals surface area (Å²) >= 11 is 1.06. The van der Waals surface area contributed by atoms with Crippen molar-refractivity contribution < 1.29 is 80.5 Å². The quantitative estimate of drug-likeness (QED) is 0.0368. The van der Waals surface area contributed by atoms with Crippen LogP contribution < -0.4 is 16.4 Å². The van der Waals surface area contributed by atoms with E-state index in [0.29, 0.717) is 5.75 Å². The van der Waals surface area contributed by atoms with Gasteiger partial charge < -0.3 is 50.9 Å². The predicted molar refractivity (Wildman–Crippen MR) is 214 cm³/mol. The second-order valence-corrected chi connectivity index (χ2v) is 19.7. The minimum Gasteiger partial charge on any atom is -0.385 e. The molecule has 28 heteroatoms. The van der Waals surface area contributed by atoms with Gasteiger partial charge in [0.1, 0.15) is 36.3 Å². The van der Waals surface area contributed by atoms with E-state index >= 15 is 0 Å². The zero-order valence-corrected chi connectivity index (χ0v) is 36.9. The predicted octanol–water partition coefficient (Wildman–Crippen LogP) is 1.76. The first-order chi connectivity index (χ1) is 27.9. The monoisotopic (exact) mass is 933 g/mol. The number of thioether (sulfide) groups is 1. The number of allylic oxidation sites excluding steroid dienone is 1. The average Bonchev–Trinajstić information content (AvgIpc) is 3.70. The lowest BCUT2D eigenvalue weighted by molar-refractivity contribution is -0.137. The normalized spacial score (nSPS) is 22.4. The molecule has 0 aliphatic carbocycles. The van der Waals surface area contributed by atoms with E-state index in [4.69, 9.17) is 24.0 Å². The highest BCUT2D eigenvalue weighted by Gasteiger charge is 2.57. The zero-order chi connectivity index (χ0) is 44.9. The van der Waals surface area contributed by atoms with Gasteiger partial charge in [0.15, 0.2) is 17.2 Å². The summed E-state index contributed by atoms with van der Waals surface area (Å²) in [6, 6.07) is 0. The molecule has 0 bridgehead atoms. The van der Waals surface area contributed by atoms with E-state index in [1.54, 1.807) is 0 Å². The SMILES string of the molecule is CCCCCCCC=CC(=O)SCCNC(=O)CCNC(=O)C(O)C(C)(C)COP(=O)(O)OP(=O)(O)OCC1OC(C)(n2cnc3c(N)ncnc32)C(O)C1OP(=O)(O)O. The number of nitrogens with zero attached hydrogens (tertiary/aromatic N) is 4. The number of phosphoric ester groups is 3. The zero-order valence-electron chi connectivity index (χ0n) is 33.4. The van der Waals surface area contributed by atoms with Crippen LogP contribution in [0.1, 0.15) is 72.6 Å². The number of anilines is 1. The number of rotatable bonds is 26. The molecular weight excluding hydrogens is 879 g/mol. The van der Waals surface area contributed by atoms with Crippen LogP contribution >= 0.6 is 35.2 Å². The molecule has 340 valence electrons. The Bertz CT molecular complexity index is 1950. The summed E-state index contributed by atoms with van der Waals surface area (Å²) in [4.78, 5) is 88.1. The molecule has 0 radical (unpaired) electrons. The molecular formula is C32H54N7O17P3S. The number of nitrogens with two attached hydrogens (primary N) is 1. The highest BCUT2D eigenvalue weighted by Crippen LogP contribution is 2.61. The van der Waals surface area contributed by atoms with Crippen molar-refractivity contribution in [1.82, 2.24) is 30.2 Å². The van der Waals surface area contributed by atoms with E-state index in [9.17, 15) is 57.9 Å². The van der Waals surface area contributed by atoms with E-state index in [1.165, 1.54) is 39.7 Å². The fourth-order valence-electron chi connectivity index (χ4n) is 5.69. The number of aliphatic hydroxyl groups is 2. The second kappa shape index (κ2) is 22.6. The Labute approximate surface area is 349 Å². The molecule has 2 amide bonds. The van der Waals surface area contributed by atoms with E-state index in [-0.39, 0.29) is 41.6 Å². The Morgan fingerprint density at radius 1 is 1.05 bits per heavy atom. The molecule has 7 atom stereocenters. The summed E-state index contributed by atoms with van der Waals surface area (Å²) in [6.07, 6.45) is 4.39. The molecule has 2 aromatic heterocycles. The number of carbonyl (C=O) groups is 3. The standard InChI is InChI=1S/C32H54N7O17P3S/c1-5-6-7-8-9-10-11-12-23(41)60-16-15-34-22(40)13-14-35-30(44)27(43)31(2,3)18-53-59(50,51)56-58(48,49)52-17-21-25(55-57(45,46)47)26(42)32(4,54-21)39-20-38-24-28(33)36-19-37-29(24)39/h11-12,19-21,25-27,42-43H,5-10,13-18H2,1-4H3,(H,34,40)(H,35,44)(H,48,49)(H,50,51)(H2,33,36,37)(H2,45,46,47).